The van der Waals surface area contributed by atoms with Crippen LogP contribution in [0.1, 0.15) is 38.4 Å². The van der Waals surface area contributed by atoms with Crippen LogP contribution in [0.5, 0.6) is 0 Å². The molecule has 0 aliphatic carbocycles. The molecule has 0 aromatic heterocycles. The third kappa shape index (κ3) is 5.84. The first-order valence-electron chi connectivity index (χ1n) is 10.9. The Kier molecular flexibility index (Phi) is 8.71. The van der Waals surface area contributed by atoms with Gasteiger partial charge in [-0.3, -0.25) is 4.79 Å². The van der Waals surface area contributed by atoms with Crippen molar-refractivity contribution in [1.29, 1.82) is 0 Å². The number of nitrogens with one attached hydrogen (secondary N) is 1. The molecule has 186 valence electrons. The van der Waals surface area contributed by atoms with Crippen molar-refractivity contribution in [3.05, 3.63) is 34.9 Å². The molecule has 10 nitrogen and oxygen atoms in total. The van der Waals surface area contributed by atoms with Gasteiger partial charge < -0.3 is 45.1 Å². The van der Waals surface area contributed by atoms with Gasteiger partial charge in [0.05, 0.1) is 31.5 Å². The van der Waals surface area contributed by atoms with Crippen LogP contribution in [-0.2, 0) is 19.0 Å². The largest absolute Gasteiger partial charge is 0.394 e. The molecule has 0 saturated carbocycles. The van der Waals surface area contributed by atoms with E-state index in [1.807, 2.05) is 12.1 Å². The van der Waals surface area contributed by atoms with Gasteiger partial charge in [-0.15, -0.1) is 0 Å². The van der Waals surface area contributed by atoms with Crippen LogP contribution in [0, 0.1) is 0 Å². The van der Waals surface area contributed by atoms with Crippen molar-refractivity contribution in [3.8, 4) is 0 Å². The van der Waals surface area contributed by atoms with Crippen molar-refractivity contribution in [2.24, 2.45) is 0 Å². The number of hydrogen-bond donors (Lipinski definition) is 6. The number of carbonyl (C=O) groups excluding carboxylic acids is 1. The van der Waals surface area contributed by atoms with Crippen molar-refractivity contribution in [2.45, 2.75) is 81.2 Å². The highest BCUT2D eigenvalue weighted by molar-refractivity contribution is 6.30. The van der Waals surface area contributed by atoms with Crippen molar-refractivity contribution in [1.82, 2.24) is 5.32 Å². The summed E-state index contributed by atoms with van der Waals surface area (Å²) in [6, 6.07) is 6.31. The van der Waals surface area contributed by atoms with Gasteiger partial charge in [0.2, 0.25) is 0 Å². The Bertz CT molecular complexity index is 787. The standard InChI is InChI=1S/C22H32ClNO9/c1-3-14(26)13(10-31-20-19(29)18(28)17(27)16(9-25)32-20)24-21(30)22(2)8-15(33-22)11-4-6-12(23)7-5-11/h4-7,13-20,25-29H,3,8-10H2,1-2H3,(H,24,30)/t13-,14+,15?,16?,17?,18?,19?,20?,22?/m0/s1. The van der Waals surface area contributed by atoms with E-state index in [9.17, 15) is 30.3 Å². The number of hydrogen-bond acceptors (Lipinski definition) is 9. The summed E-state index contributed by atoms with van der Waals surface area (Å²) in [7, 11) is 0. The number of halogens is 1. The molecule has 1 aromatic carbocycles. The molecule has 2 heterocycles. The van der Waals surface area contributed by atoms with Crippen molar-refractivity contribution >= 4 is 17.5 Å². The van der Waals surface area contributed by atoms with Crippen molar-refractivity contribution in [3.63, 3.8) is 0 Å². The molecule has 2 saturated heterocycles. The second-order valence-corrected chi connectivity index (χ2v) is 9.12. The van der Waals surface area contributed by atoms with Gasteiger partial charge >= 0.3 is 0 Å². The van der Waals surface area contributed by atoms with E-state index in [2.05, 4.69) is 5.32 Å². The fourth-order valence-corrected chi connectivity index (χ4v) is 4.05. The molecule has 11 heteroatoms. The number of aliphatic hydroxyl groups excluding tert-OH is 5. The molecule has 33 heavy (non-hydrogen) atoms. The van der Waals surface area contributed by atoms with E-state index in [1.165, 1.54) is 0 Å². The summed E-state index contributed by atoms with van der Waals surface area (Å²) in [5.74, 6) is -0.428. The summed E-state index contributed by atoms with van der Waals surface area (Å²) in [5, 5.41) is 52.9. The summed E-state index contributed by atoms with van der Waals surface area (Å²) in [4.78, 5) is 12.9. The van der Waals surface area contributed by atoms with Crippen LogP contribution in [0.2, 0.25) is 5.02 Å². The van der Waals surface area contributed by atoms with E-state index in [4.69, 9.17) is 25.8 Å². The molecule has 2 aliphatic rings. The Morgan fingerprint density at radius 2 is 1.88 bits per heavy atom. The normalized spacial score (nSPS) is 36.0. The molecule has 1 aromatic rings. The molecule has 3 rings (SSSR count). The Balaban J connectivity index is 1.58. The zero-order chi connectivity index (χ0) is 24.3. The van der Waals surface area contributed by atoms with Gasteiger partial charge in [0.1, 0.15) is 30.0 Å². The SMILES string of the molecule is CC[C@@H](O)[C@H](COC1OC(CO)C(O)C(O)C1O)NC(=O)C1(C)CC(c2ccc(Cl)cc2)O1. The van der Waals surface area contributed by atoms with Gasteiger partial charge in [-0.25, -0.2) is 0 Å². The molecule has 9 atom stereocenters. The minimum absolute atomic E-state index is 0.250. The van der Waals surface area contributed by atoms with E-state index >= 15 is 0 Å². The fourth-order valence-electron chi connectivity index (χ4n) is 3.93. The van der Waals surface area contributed by atoms with Gasteiger partial charge in [-0.1, -0.05) is 30.7 Å². The monoisotopic (exact) mass is 489 g/mol. The number of amides is 1. The van der Waals surface area contributed by atoms with Gasteiger partial charge in [0.15, 0.2) is 6.29 Å². The van der Waals surface area contributed by atoms with E-state index in [0.717, 1.165) is 5.56 Å². The van der Waals surface area contributed by atoms with Crippen molar-refractivity contribution in [2.75, 3.05) is 13.2 Å². The molecule has 0 spiro atoms. The average Bonchev–Trinajstić information content (AvgIpc) is 2.79. The van der Waals surface area contributed by atoms with E-state index in [-0.39, 0.29) is 12.7 Å². The minimum atomic E-state index is -1.59. The predicted molar refractivity (Wildman–Crippen MR) is 116 cm³/mol. The second-order valence-electron chi connectivity index (χ2n) is 8.68. The van der Waals surface area contributed by atoms with Gasteiger partial charge in [0.25, 0.3) is 5.91 Å². The van der Waals surface area contributed by atoms with Crippen LogP contribution in [0.25, 0.3) is 0 Å². The summed E-state index contributed by atoms with van der Waals surface area (Å²) < 4.78 is 16.7. The third-order valence-electron chi connectivity index (χ3n) is 6.19. The van der Waals surface area contributed by atoms with Crippen LogP contribution in [-0.4, -0.2) is 93.1 Å². The second kappa shape index (κ2) is 10.9. The summed E-state index contributed by atoms with van der Waals surface area (Å²) in [6.45, 7) is 2.55. The average molecular weight is 490 g/mol. The molecular weight excluding hydrogens is 458 g/mol. The Morgan fingerprint density at radius 1 is 1.24 bits per heavy atom. The Labute approximate surface area is 197 Å². The predicted octanol–water partition coefficient (Wildman–Crippen LogP) is -0.368. The smallest absolute Gasteiger partial charge is 0.252 e. The van der Waals surface area contributed by atoms with Gasteiger partial charge in [-0.2, -0.15) is 0 Å². The van der Waals surface area contributed by atoms with E-state index in [1.54, 1.807) is 26.0 Å². The zero-order valence-corrected chi connectivity index (χ0v) is 19.3. The summed E-state index contributed by atoms with van der Waals surface area (Å²) >= 11 is 5.91. The maximum atomic E-state index is 12.9. The number of aliphatic hydroxyl groups is 5. The number of benzene rings is 1. The number of ether oxygens (including phenoxy) is 3. The van der Waals surface area contributed by atoms with Crippen molar-refractivity contribution < 1.29 is 44.5 Å². The van der Waals surface area contributed by atoms with E-state index in [0.29, 0.717) is 17.9 Å². The molecule has 2 aliphatic heterocycles. The molecule has 2 fully saturated rings. The molecular formula is C22H32ClNO9. The van der Waals surface area contributed by atoms with Crippen LogP contribution < -0.4 is 5.32 Å². The molecule has 6 N–H and O–H groups in total. The lowest BCUT2D eigenvalue weighted by Gasteiger charge is -2.45. The Morgan fingerprint density at radius 3 is 2.45 bits per heavy atom. The van der Waals surface area contributed by atoms with Crippen LogP contribution >= 0.6 is 11.6 Å². The van der Waals surface area contributed by atoms with Crippen LogP contribution in [0.4, 0.5) is 0 Å². The lowest BCUT2D eigenvalue weighted by molar-refractivity contribution is -0.302. The quantitative estimate of drug-likeness (QED) is 0.272. The number of carbonyl (C=O) groups is 1. The zero-order valence-electron chi connectivity index (χ0n) is 18.5. The molecule has 7 unspecified atom stereocenters. The van der Waals surface area contributed by atoms with Crippen LogP contribution in [0.15, 0.2) is 24.3 Å². The van der Waals surface area contributed by atoms with Gasteiger partial charge in [-0.05, 0) is 31.0 Å². The highest BCUT2D eigenvalue weighted by Crippen LogP contribution is 2.43. The lowest BCUT2D eigenvalue weighted by Crippen LogP contribution is -2.61. The first-order valence-corrected chi connectivity index (χ1v) is 11.3. The maximum Gasteiger partial charge on any atom is 0.252 e. The molecule has 1 amide bonds. The topological polar surface area (TPSA) is 158 Å². The van der Waals surface area contributed by atoms with Gasteiger partial charge in [0, 0.05) is 11.4 Å². The summed E-state index contributed by atoms with van der Waals surface area (Å²) in [5.41, 5.74) is -0.195. The first kappa shape index (κ1) is 26.3. The third-order valence-corrected chi connectivity index (χ3v) is 6.44. The Hall–Kier alpha value is -1.34. The number of rotatable bonds is 9. The maximum absolute atomic E-state index is 12.9. The van der Waals surface area contributed by atoms with E-state index < -0.39 is 61.0 Å². The first-order chi connectivity index (χ1) is 15.6. The molecule has 0 bridgehead atoms. The highest BCUT2D eigenvalue weighted by Gasteiger charge is 2.49. The minimum Gasteiger partial charge on any atom is -0.394 e. The fraction of sp³-hybridized carbons (Fsp3) is 0.682. The van der Waals surface area contributed by atoms with Crippen LogP contribution in [0.3, 0.4) is 0 Å². The lowest BCUT2D eigenvalue weighted by atomic mass is 9.86. The summed E-state index contributed by atoms with van der Waals surface area (Å²) in [6.07, 6.45) is -7.63. The molecule has 0 radical (unpaired) electrons. The highest BCUT2D eigenvalue weighted by atomic mass is 35.5.